The molecule has 0 spiro atoms. The van der Waals surface area contributed by atoms with Crippen molar-refractivity contribution in [2.45, 2.75) is 0 Å². The van der Waals surface area contributed by atoms with Gasteiger partial charge < -0.3 is 37.8 Å². The Kier molecular flexibility index (Phi) is 12.7. The molecular formula is C18H17F2Na2O8P. The van der Waals surface area contributed by atoms with Crippen molar-refractivity contribution in [2.24, 2.45) is 0 Å². The number of benzene rings is 2. The minimum absolute atomic E-state index is 0. The Bertz CT molecular complexity index is 956. The van der Waals surface area contributed by atoms with E-state index in [0.717, 1.165) is 18.2 Å². The summed E-state index contributed by atoms with van der Waals surface area (Å²) in [5.74, 6) is -2.99. The molecule has 0 unspecified atom stereocenters. The van der Waals surface area contributed by atoms with E-state index in [1.165, 1.54) is 40.6 Å². The van der Waals surface area contributed by atoms with Crippen molar-refractivity contribution in [3.05, 3.63) is 41.5 Å². The van der Waals surface area contributed by atoms with Crippen molar-refractivity contribution >= 4 is 19.5 Å². The third kappa shape index (κ3) is 7.63. The van der Waals surface area contributed by atoms with Crippen LogP contribution in [0.25, 0.3) is 11.7 Å². The summed E-state index contributed by atoms with van der Waals surface area (Å²) in [5.41, 5.74) is -0.617. The molecule has 2 aromatic rings. The number of rotatable bonds is 8. The zero-order valence-corrected chi connectivity index (χ0v) is 22.8. The SMILES string of the molecule is COc1ccc(/C(F)=C(/F)c2cc(OC)c(OC)c(OC)c2)cc1OP(=O)([O-])[O-].[Na+].[Na+]. The summed E-state index contributed by atoms with van der Waals surface area (Å²) < 4.78 is 65.0. The molecule has 0 aliphatic heterocycles. The number of hydrogen-bond donors (Lipinski definition) is 0. The fourth-order valence-corrected chi connectivity index (χ4v) is 2.85. The van der Waals surface area contributed by atoms with E-state index in [0.29, 0.717) is 0 Å². The molecule has 0 aromatic heterocycles. The first kappa shape index (κ1) is 30.2. The van der Waals surface area contributed by atoms with Crippen LogP contribution in [0.4, 0.5) is 8.78 Å². The number of ether oxygens (including phenoxy) is 4. The maximum atomic E-state index is 14.8. The van der Waals surface area contributed by atoms with E-state index in [2.05, 4.69) is 4.52 Å². The molecule has 0 fully saturated rings. The zero-order chi connectivity index (χ0) is 21.8. The molecule has 0 saturated carbocycles. The molecule has 0 aliphatic rings. The van der Waals surface area contributed by atoms with Crippen molar-refractivity contribution in [1.29, 1.82) is 0 Å². The summed E-state index contributed by atoms with van der Waals surface area (Å²) in [4.78, 5) is 21.8. The van der Waals surface area contributed by atoms with E-state index in [9.17, 15) is 23.1 Å². The fourth-order valence-electron chi connectivity index (χ4n) is 2.47. The molecule has 13 heteroatoms. The van der Waals surface area contributed by atoms with Gasteiger partial charge in [0.25, 0.3) is 0 Å². The molecule has 2 rings (SSSR count). The third-order valence-corrected chi connectivity index (χ3v) is 4.16. The van der Waals surface area contributed by atoms with Crippen LogP contribution in [0.2, 0.25) is 0 Å². The molecule has 0 bridgehead atoms. The van der Waals surface area contributed by atoms with Gasteiger partial charge >= 0.3 is 59.1 Å². The Morgan fingerprint density at radius 3 is 1.61 bits per heavy atom. The van der Waals surface area contributed by atoms with Gasteiger partial charge in [-0.25, -0.2) is 8.78 Å². The van der Waals surface area contributed by atoms with Crippen LogP contribution in [0.15, 0.2) is 30.3 Å². The van der Waals surface area contributed by atoms with Gasteiger partial charge in [-0.3, -0.25) is 0 Å². The van der Waals surface area contributed by atoms with Crippen LogP contribution in [0, 0.1) is 0 Å². The average Bonchev–Trinajstić information content (AvgIpc) is 2.70. The molecule has 158 valence electrons. The van der Waals surface area contributed by atoms with Crippen molar-refractivity contribution < 1.29 is 106 Å². The van der Waals surface area contributed by atoms with Crippen LogP contribution in [0.5, 0.6) is 28.7 Å². The molecule has 0 N–H and O–H groups in total. The summed E-state index contributed by atoms with van der Waals surface area (Å²) in [6.45, 7) is 0. The van der Waals surface area contributed by atoms with E-state index in [-0.39, 0.29) is 93.2 Å². The van der Waals surface area contributed by atoms with Crippen molar-refractivity contribution in [3.8, 4) is 28.7 Å². The second kappa shape index (κ2) is 13.0. The molecule has 0 saturated heterocycles. The van der Waals surface area contributed by atoms with E-state index in [1.807, 2.05) is 0 Å². The van der Waals surface area contributed by atoms with E-state index in [4.69, 9.17) is 18.9 Å². The first-order chi connectivity index (χ1) is 13.6. The molecular weight excluding hydrogens is 459 g/mol. The maximum absolute atomic E-state index is 14.8. The van der Waals surface area contributed by atoms with E-state index < -0.39 is 25.2 Å². The third-order valence-electron chi connectivity index (χ3n) is 3.74. The van der Waals surface area contributed by atoms with Gasteiger partial charge in [-0.2, -0.15) is 0 Å². The number of phosphoric acid groups is 1. The van der Waals surface area contributed by atoms with E-state index in [1.54, 1.807) is 0 Å². The summed E-state index contributed by atoms with van der Waals surface area (Å²) in [6.07, 6.45) is 0. The Morgan fingerprint density at radius 2 is 1.19 bits per heavy atom. The molecule has 0 heterocycles. The first-order valence-electron chi connectivity index (χ1n) is 7.90. The molecule has 0 aliphatic carbocycles. The van der Waals surface area contributed by atoms with Crippen molar-refractivity contribution in [1.82, 2.24) is 0 Å². The number of hydrogen-bond acceptors (Lipinski definition) is 8. The van der Waals surface area contributed by atoms with Crippen molar-refractivity contribution in [2.75, 3.05) is 28.4 Å². The quantitative estimate of drug-likeness (QED) is 0.222. The summed E-state index contributed by atoms with van der Waals surface area (Å²) in [6, 6.07) is 5.47. The molecule has 0 atom stereocenters. The van der Waals surface area contributed by atoms with Crippen LogP contribution in [-0.2, 0) is 4.57 Å². The smallest absolute Gasteiger partial charge is 0.780 e. The largest absolute Gasteiger partial charge is 1.00 e. The summed E-state index contributed by atoms with van der Waals surface area (Å²) in [5, 5.41) is 0. The first-order valence-corrected chi connectivity index (χ1v) is 9.37. The minimum atomic E-state index is -5.45. The Hall–Kier alpha value is -0.810. The predicted molar refractivity (Wildman–Crippen MR) is 96.4 cm³/mol. The van der Waals surface area contributed by atoms with Gasteiger partial charge in [0.15, 0.2) is 34.7 Å². The molecule has 31 heavy (non-hydrogen) atoms. The van der Waals surface area contributed by atoms with Crippen LogP contribution in [0.1, 0.15) is 11.1 Å². The minimum Gasteiger partial charge on any atom is -0.780 e. The van der Waals surface area contributed by atoms with Gasteiger partial charge in [0.05, 0.1) is 28.4 Å². The Balaban J connectivity index is 0.00000450. The van der Waals surface area contributed by atoms with Gasteiger partial charge in [-0.05, 0) is 30.3 Å². The zero-order valence-electron chi connectivity index (χ0n) is 17.9. The summed E-state index contributed by atoms with van der Waals surface area (Å²) in [7, 11) is -0.275. The number of phosphoric ester groups is 1. The van der Waals surface area contributed by atoms with Crippen LogP contribution >= 0.6 is 7.82 Å². The van der Waals surface area contributed by atoms with Gasteiger partial charge in [-0.1, -0.05) is 0 Å². The van der Waals surface area contributed by atoms with Gasteiger partial charge in [0.2, 0.25) is 5.75 Å². The number of halogens is 2. The Labute approximate surface area is 222 Å². The van der Waals surface area contributed by atoms with E-state index >= 15 is 0 Å². The molecule has 8 nitrogen and oxygen atoms in total. The van der Waals surface area contributed by atoms with Crippen LogP contribution < -0.4 is 92.4 Å². The van der Waals surface area contributed by atoms with Gasteiger partial charge in [-0.15, -0.1) is 0 Å². The predicted octanol–water partition coefficient (Wildman–Crippen LogP) is -3.30. The fraction of sp³-hybridized carbons (Fsp3) is 0.222. The second-order valence-electron chi connectivity index (χ2n) is 5.45. The normalized spacial score (nSPS) is 11.4. The number of methoxy groups -OCH3 is 4. The molecule has 0 radical (unpaired) electrons. The van der Waals surface area contributed by atoms with Gasteiger partial charge in [0.1, 0.15) is 7.82 Å². The second-order valence-corrected chi connectivity index (χ2v) is 6.52. The molecule has 0 amide bonds. The average molecular weight is 476 g/mol. The maximum Gasteiger partial charge on any atom is 1.00 e. The standard InChI is InChI=1S/C18H19F2O8P.2Na/c1-24-12-6-5-10(7-13(12)28-29(21,22)23)16(19)17(20)11-8-14(25-2)18(27-4)15(9-11)26-3;;/h5-9H,1-4H3,(H2,21,22,23);;/q;2*+1/p-2/b17-16-;;. The van der Waals surface area contributed by atoms with Gasteiger partial charge in [0, 0.05) is 11.1 Å². The summed E-state index contributed by atoms with van der Waals surface area (Å²) >= 11 is 0. The van der Waals surface area contributed by atoms with Crippen LogP contribution in [0.3, 0.4) is 0 Å². The monoisotopic (exact) mass is 476 g/mol. The van der Waals surface area contributed by atoms with Crippen LogP contribution in [-0.4, -0.2) is 28.4 Å². The topological polar surface area (TPSA) is 109 Å². The molecule has 2 aromatic carbocycles. The Morgan fingerprint density at radius 1 is 0.742 bits per heavy atom. The van der Waals surface area contributed by atoms with Crippen molar-refractivity contribution in [3.63, 3.8) is 0 Å².